The number of amides is 1. The summed E-state index contributed by atoms with van der Waals surface area (Å²) >= 11 is 1.60. The van der Waals surface area contributed by atoms with Crippen LogP contribution in [0.3, 0.4) is 0 Å². The van der Waals surface area contributed by atoms with Gasteiger partial charge in [0, 0.05) is 10.6 Å². The zero-order valence-corrected chi connectivity index (χ0v) is 15.6. The summed E-state index contributed by atoms with van der Waals surface area (Å²) in [5.41, 5.74) is 6.91. The highest BCUT2D eigenvalue weighted by Crippen LogP contribution is 2.27. The van der Waals surface area contributed by atoms with Gasteiger partial charge in [0.25, 0.3) is 0 Å². The van der Waals surface area contributed by atoms with Crippen molar-refractivity contribution >= 4 is 23.4 Å². The molecule has 0 unspecified atom stereocenters. The molecule has 0 spiro atoms. The third kappa shape index (κ3) is 4.38. The molecule has 0 fully saturated rings. The predicted octanol–water partition coefficient (Wildman–Crippen LogP) is 5.35. The summed E-state index contributed by atoms with van der Waals surface area (Å²) in [5.74, 6) is 0.0447. The summed E-state index contributed by atoms with van der Waals surface area (Å²) in [4.78, 5) is 13.7. The third-order valence-corrected chi connectivity index (χ3v) is 5.18. The molecule has 1 atom stereocenters. The number of thioether (sulfide) groups is 1. The number of hydrogen-bond acceptors (Lipinski definition) is 2. The second-order valence-electron chi connectivity index (χ2n) is 6.27. The van der Waals surface area contributed by atoms with Crippen molar-refractivity contribution < 1.29 is 4.79 Å². The quantitative estimate of drug-likeness (QED) is 0.767. The monoisotopic (exact) mass is 327 g/mol. The molecule has 1 amide bonds. The Hall–Kier alpha value is -1.74. The number of aryl methyl sites for hydroxylation is 5. The molecule has 0 heterocycles. The van der Waals surface area contributed by atoms with E-state index in [2.05, 4.69) is 56.4 Å². The Morgan fingerprint density at radius 2 is 1.52 bits per heavy atom. The molecule has 2 aromatic carbocycles. The van der Waals surface area contributed by atoms with Crippen molar-refractivity contribution in [2.45, 2.75) is 51.7 Å². The van der Waals surface area contributed by atoms with Gasteiger partial charge in [0.15, 0.2) is 0 Å². The number of anilines is 1. The van der Waals surface area contributed by atoms with Gasteiger partial charge in [-0.1, -0.05) is 23.8 Å². The van der Waals surface area contributed by atoms with Gasteiger partial charge in [-0.3, -0.25) is 4.79 Å². The van der Waals surface area contributed by atoms with Crippen LogP contribution < -0.4 is 5.32 Å². The molecule has 3 heteroatoms. The van der Waals surface area contributed by atoms with Gasteiger partial charge < -0.3 is 5.32 Å². The van der Waals surface area contributed by atoms with Gasteiger partial charge >= 0.3 is 0 Å². The predicted molar refractivity (Wildman–Crippen MR) is 101 cm³/mol. The van der Waals surface area contributed by atoms with Gasteiger partial charge in [-0.05, 0) is 75.9 Å². The average Bonchev–Trinajstić information content (AvgIpc) is 2.46. The van der Waals surface area contributed by atoms with Crippen molar-refractivity contribution in [2.24, 2.45) is 0 Å². The van der Waals surface area contributed by atoms with Crippen molar-refractivity contribution in [3.8, 4) is 0 Å². The van der Waals surface area contributed by atoms with Crippen LogP contribution >= 0.6 is 11.8 Å². The molecule has 2 rings (SSSR count). The largest absolute Gasteiger partial charge is 0.325 e. The van der Waals surface area contributed by atoms with E-state index in [0.717, 1.165) is 21.7 Å². The second kappa shape index (κ2) is 7.22. The second-order valence-corrected chi connectivity index (χ2v) is 7.68. The van der Waals surface area contributed by atoms with Gasteiger partial charge in [0.2, 0.25) is 5.91 Å². The Morgan fingerprint density at radius 3 is 2.09 bits per heavy atom. The van der Waals surface area contributed by atoms with Gasteiger partial charge in [-0.2, -0.15) is 0 Å². The first-order valence-electron chi connectivity index (χ1n) is 7.90. The summed E-state index contributed by atoms with van der Waals surface area (Å²) in [7, 11) is 0. The SMILES string of the molecule is Cc1cc(C)c(NC(=O)[C@H](C)Sc2ccc(C)c(C)c2)c(C)c1. The van der Waals surface area contributed by atoms with Crippen molar-refractivity contribution in [1.82, 2.24) is 0 Å². The van der Waals surface area contributed by atoms with Crippen molar-refractivity contribution in [1.29, 1.82) is 0 Å². The topological polar surface area (TPSA) is 29.1 Å². The Bertz CT molecular complexity index is 713. The molecule has 0 aliphatic rings. The lowest BCUT2D eigenvalue weighted by molar-refractivity contribution is -0.115. The van der Waals surface area contributed by atoms with Crippen molar-refractivity contribution in [2.75, 3.05) is 5.32 Å². The summed E-state index contributed by atoms with van der Waals surface area (Å²) in [6.07, 6.45) is 0. The van der Waals surface area contributed by atoms with Gasteiger partial charge in [0.05, 0.1) is 5.25 Å². The fraction of sp³-hybridized carbons (Fsp3) is 0.350. The molecule has 0 aliphatic carbocycles. The van der Waals surface area contributed by atoms with E-state index in [1.54, 1.807) is 11.8 Å². The van der Waals surface area contributed by atoms with E-state index in [9.17, 15) is 4.79 Å². The van der Waals surface area contributed by atoms with Crippen molar-refractivity contribution in [3.63, 3.8) is 0 Å². The summed E-state index contributed by atoms with van der Waals surface area (Å²) in [5, 5.41) is 2.95. The maximum Gasteiger partial charge on any atom is 0.237 e. The molecule has 0 saturated heterocycles. The zero-order valence-electron chi connectivity index (χ0n) is 14.8. The standard InChI is InChI=1S/C20H25NOS/c1-12-9-15(4)19(16(5)10-12)21-20(22)17(6)23-18-8-7-13(2)14(3)11-18/h7-11,17H,1-6H3,(H,21,22)/t17-/m0/s1. The molecule has 0 radical (unpaired) electrons. The highest BCUT2D eigenvalue weighted by atomic mass is 32.2. The molecule has 122 valence electrons. The maximum atomic E-state index is 12.5. The molecule has 1 N–H and O–H groups in total. The van der Waals surface area contributed by atoms with Crippen LogP contribution in [0.25, 0.3) is 0 Å². The van der Waals surface area contributed by atoms with Crippen LogP contribution in [0.2, 0.25) is 0 Å². The zero-order chi connectivity index (χ0) is 17.1. The highest BCUT2D eigenvalue weighted by molar-refractivity contribution is 8.00. The first-order chi connectivity index (χ1) is 10.8. The minimum Gasteiger partial charge on any atom is -0.325 e. The van der Waals surface area contributed by atoms with E-state index < -0.39 is 0 Å². The lowest BCUT2D eigenvalue weighted by atomic mass is 10.1. The number of nitrogens with one attached hydrogen (secondary N) is 1. The Labute approximate surface area is 143 Å². The van der Waals surface area contributed by atoms with E-state index in [-0.39, 0.29) is 11.2 Å². The van der Waals surface area contributed by atoms with E-state index in [1.807, 2.05) is 20.8 Å². The highest BCUT2D eigenvalue weighted by Gasteiger charge is 2.16. The van der Waals surface area contributed by atoms with E-state index >= 15 is 0 Å². The fourth-order valence-electron chi connectivity index (χ4n) is 2.65. The molecule has 0 aromatic heterocycles. The molecular formula is C20H25NOS. The van der Waals surface area contributed by atoms with Gasteiger partial charge in [0.1, 0.15) is 0 Å². The number of carbonyl (C=O) groups is 1. The number of carbonyl (C=O) groups excluding carboxylic acids is 1. The first-order valence-corrected chi connectivity index (χ1v) is 8.78. The molecular weight excluding hydrogens is 302 g/mol. The summed E-state index contributed by atoms with van der Waals surface area (Å²) in [6.45, 7) is 12.3. The molecule has 0 bridgehead atoms. The molecule has 23 heavy (non-hydrogen) atoms. The van der Waals surface area contributed by atoms with Crippen LogP contribution in [0.15, 0.2) is 35.2 Å². The number of hydrogen-bond donors (Lipinski definition) is 1. The molecule has 2 nitrogen and oxygen atoms in total. The maximum absolute atomic E-state index is 12.5. The number of rotatable bonds is 4. The van der Waals surface area contributed by atoms with E-state index in [1.165, 1.54) is 16.7 Å². The molecule has 2 aromatic rings. The summed E-state index contributed by atoms with van der Waals surface area (Å²) < 4.78 is 0. The summed E-state index contributed by atoms with van der Waals surface area (Å²) in [6, 6.07) is 10.5. The minimum atomic E-state index is -0.141. The van der Waals surface area contributed by atoms with Crippen LogP contribution in [0, 0.1) is 34.6 Å². The van der Waals surface area contributed by atoms with Crippen LogP contribution in [0.1, 0.15) is 34.7 Å². The Balaban J connectivity index is 2.10. The normalized spacial score (nSPS) is 12.1. The van der Waals surface area contributed by atoms with Crippen LogP contribution in [0.4, 0.5) is 5.69 Å². The van der Waals surface area contributed by atoms with Crippen LogP contribution in [-0.2, 0) is 4.79 Å². The third-order valence-electron chi connectivity index (χ3n) is 4.09. The fourth-order valence-corrected chi connectivity index (χ4v) is 3.61. The Morgan fingerprint density at radius 1 is 0.913 bits per heavy atom. The van der Waals surface area contributed by atoms with Crippen molar-refractivity contribution in [3.05, 3.63) is 58.1 Å². The van der Waals surface area contributed by atoms with Crippen LogP contribution in [-0.4, -0.2) is 11.2 Å². The van der Waals surface area contributed by atoms with Gasteiger partial charge in [-0.15, -0.1) is 11.8 Å². The van der Waals surface area contributed by atoms with E-state index in [4.69, 9.17) is 0 Å². The van der Waals surface area contributed by atoms with Crippen LogP contribution in [0.5, 0.6) is 0 Å². The minimum absolute atomic E-state index is 0.0447. The smallest absolute Gasteiger partial charge is 0.237 e. The average molecular weight is 327 g/mol. The molecule has 0 aliphatic heterocycles. The van der Waals surface area contributed by atoms with Gasteiger partial charge in [-0.25, -0.2) is 0 Å². The van der Waals surface area contributed by atoms with E-state index in [0.29, 0.717) is 0 Å². The lowest BCUT2D eigenvalue weighted by Crippen LogP contribution is -2.23. The lowest BCUT2D eigenvalue weighted by Gasteiger charge is -2.16. The Kier molecular flexibility index (Phi) is 5.53. The first kappa shape index (κ1) is 17.6. The number of benzene rings is 2. The molecule has 0 saturated carbocycles.